The van der Waals surface area contributed by atoms with E-state index < -0.39 is 0 Å². The third kappa shape index (κ3) is 7.25. The SMILES string of the molecule is Nc1nc(N2CC=C(c3ccc(O)cc3)CC2)nc2c1ncn2-c1ccncc1.Nc1nc(N2CCC(c3ccc(O)cc3)CC2)nc2c1ncn2-c1ccncc1. The maximum Gasteiger partial charge on any atom is 0.229 e. The van der Waals surface area contributed by atoms with Gasteiger partial charge in [0.05, 0.1) is 11.4 Å². The molecule has 0 unspecified atom stereocenters. The Morgan fingerprint density at radius 1 is 0.569 bits per heavy atom. The van der Waals surface area contributed by atoms with Gasteiger partial charge in [0.2, 0.25) is 11.9 Å². The number of benzene rings is 2. The number of nitrogens with two attached hydrogens (primary N) is 2. The van der Waals surface area contributed by atoms with Crippen molar-refractivity contribution in [1.82, 2.24) is 49.0 Å². The minimum atomic E-state index is 0.273. The van der Waals surface area contributed by atoms with E-state index in [-0.39, 0.29) is 5.75 Å². The molecule has 0 aliphatic carbocycles. The number of nitrogen functional groups attached to an aromatic ring is 2. The van der Waals surface area contributed by atoms with Crippen LogP contribution in [0.4, 0.5) is 23.5 Å². The van der Waals surface area contributed by atoms with Crippen LogP contribution in [0, 0.1) is 0 Å². The monoisotopic (exact) mass is 772 g/mol. The van der Waals surface area contributed by atoms with E-state index in [9.17, 15) is 10.2 Å². The topological polar surface area (TPSA) is 212 Å². The minimum Gasteiger partial charge on any atom is -0.508 e. The molecule has 2 aromatic carbocycles. The highest BCUT2D eigenvalue weighted by atomic mass is 16.3. The number of hydrogen-bond acceptors (Lipinski definition) is 14. The Morgan fingerprint density at radius 3 is 1.57 bits per heavy atom. The van der Waals surface area contributed by atoms with E-state index in [0.29, 0.717) is 64.1 Å². The molecule has 0 saturated carbocycles. The first-order valence-electron chi connectivity index (χ1n) is 19.0. The van der Waals surface area contributed by atoms with Crippen LogP contribution in [0.1, 0.15) is 36.3 Å². The number of aromatic hydroxyl groups is 2. The van der Waals surface area contributed by atoms with Crippen LogP contribution in [0.2, 0.25) is 0 Å². The molecular formula is C42H40N14O2. The van der Waals surface area contributed by atoms with Crippen molar-refractivity contribution in [2.24, 2.45) is 0 Å². The number of pyridine rings is 2. The van der Waals surface area contributed by atoms with Crippen LogP contribution in [-0.2, 0) is 0 Å². The van der Waals surface area contributed by atoms with Crippen molar-refractivity contribution in [2.75, 3.05) is 47.4 Å². The predicted molar refractivity (Wildman–Crippen MR) is 223 cm³/mol. The second-order valence-corrected chi connectivity index (χ2v) is 14.1. The van der Waals surface area contributed by atoms with Gasteiger partial charge in [0.25, 0.3) is 0 Å². The molecule has 16 nitrogen and oxygen atoms in total. The van der Waals surface area contributed by atoms with Crippen LogP contribution in [0.3, 0.4) is 0 Å². The van der Waals surface area contributed by atoms with E-state index in [0.717, 1.165) is 55.8 Å². The summed E-state index contributed by atoms with van der Waals surface area (Å²) in [4.78, 5) is 39.7. The Hall–Kier alpha value is -7.62. The molecule has 58 heavy (non-hydrogen) atoms. The van der Waals surface area contributed by atoms with Gasteiger partial charge >= 0.3 is 0 Å². The summed E-state index contributed by atoms with van der Waals surface area (Å²) in [5.74, 6) is 3.02. The molecule has 6 N–H and O–H groups in total. The van der Waals surface area contributed by atoms with Gasteiger partial charge < -0.3 is 31.5 Å². The highest BCUT2D eigenvalue weighted by molar-refractivity contribution is 5.85. The summed E-state index contributed by atoms with van der Waals surface area (Å²) in [7, 11) is 0. The van der Waals surface area contributed by atoms with E-state index in [2.05, 4.69) is 45.8 Å². The molecule has 0 radical (unpaired) electrons. The summed E-state index contributed by atoms with van der Waals surface area (Å²) in [6.45, 7) is 3.16. The number of anilines is 4. The molecule has 0 amide bonds. The Labute approximate surface area is 332 Å². The first-order chi connectivity index (χ1) is 28.4. The Bertz CT molecular complexity index is 2710. The van der Waals surface area contributed by atoms with E-state index in [1.54, 1.807) is 61.7 Å². The highest BCUT2D eigenvalue weighted by Crippen LogP contribution is 2.32. The second kappa shape index (κ2) is 15.5. The molecule has 8 heterocycles. The van der Waals surface area contributed by atoms with E-state index >= 15 is 0 Å². The summed E-state index contributed by atoms with van der Waals surface area (Å²) in [6, 6.07) is 22.4. The molecule has 2 aliphatic rings. The van der Waals surface area contributed by atoms with Crippen LogP contribution in [-0.4, -0.2) is 85.4 Å². The third-order valence-electron chi connectivity index (χ3n) is 10.6. The van der Waals surface area contributed by atoms with Crippen LogP contribution in [0.25, 0.3) is 39.3 Å². The molecule has 0 atom stereocenters. The van der Waals surface area contributed by atoms with Crippen molar-refractivity contribution >= 4 is 51.4 Å². The van der Waals surface area contributed by atoms with Crippen molar-refractivity contribution in [3.05, 3.63) is 127 Å². The molecule has 290 valence electrons. The van der Waals surface area contributed by atoms with Crippen LogP contribution in [0.15, 0.2) is 116 Å². The van der Waals surface area contributed by atoms with Gasteiger partial charge in [0, 0.05) is 51.0 Å². The number of rotatable bonds is 6. The minimum absolute atomic E-state index is 0.273. The van der Waals surface area contributed by atoms with Gasteiger partial charge in [-0.15, -0.1) is 0 Å². The van der Waals surface area contributed by atoms with Gasteiger partial charge in [-0.3, -0.25) is 19.1 Å². The third-order valence-corrected chi connectivity index (χ3v) is 10.6. The van der Waals surface area contributed by atoms with Gasteiger partial charge in [0.1, 0.15) is 24.2 Å². The van der Waals surface area contributed by atoms with E-state index in [4.69, 9.17) is 21.4 Å². The number of nitrogens with zero attached hydrogens (tertiary/aromatic N) is 12. The zero-order chi connectivity index (χ0) is 39.6. The molecule has 0 spiro atoms. The number of aromatic nitrogens is 10. The molecule has 1 fully saturated rings. The fourth-order valence-corrected chi connectivity index (χ4v) is 7.44. The summed E-state index contributed by atoms with van der Waals surface area (Å²) in [5, 5.41) is 19.0. The number of fused-ring (bicyclic) bond motifs is 2. The molecule has 1 saturated heterocycles. The maximum absolute atomic E-state index is 9.50. The fourth-order valence-electron chi connectivity index (χ4n) is 7.44. The molecule has 8 aromatic rings. The van der Waals surface area contributed by atoms with Crippen molar-refractivity contribution < 1.29 is 10.2 Å². The number of hydrogen-bond donors (Lipinski definition) is 4. The van der Waals surface area contributed by atoms with Gasteiger partial charge in [-0.1, -0.05) is 30.3 Å². The summed E-state index contributed by atoms with van der Waals surface area (Å²) in [6.07, 6.45) is 15.4. The van der Waals surface area contributed by atoms with Crippen LogP contribution >= 0.6 is 0 Å². The quantitative estimate of drug-likeness (QED) is 0.160. The number of piperidine rings is 1. The molecule has 10 rings (SSSR count). The smallest absolute Gasteiger partial charge is 0.229 e. The summed E-state index contributed by atoms with van der Waals surface area (Å²) >= 11 is 0. The van der Waals surface area contributed by atoms with Crippen molar-refractivity contribution in [2.45, 2.75) is 25.2 Å². The lowest BCUT2D eigenvalue weighted by Crippen LogP contribution is -2.34. The average Bonchev–Trinajstić information content (AvgIpc) is 3.91. The molecule has 2 aliphatic heterocycles. The lowest BCUT2D eigenvalue weighted by molar-refractivity contribution is 0.472. The lowest BCUT2D eigenvalue weighted by Gasteiger charge is -2.32. The van der Waals surface area contributed by atoms with Crippen molar-refractivity contribution in [1.29, 1.82) is 0 Å². The predicted octanol–water partition coefficient (Wildman–Crippen LogP) is 5.67. The van der Waals surface area contributed by atoms with E-state index in [1.807, 2.05) is 57.7 Å². The number of imidazole rings is 2. The maximum atomic E-state index is 9.50. The van der Waals surface area contributed by atoms with Gasteiger partial charge in [-0.05, 0) is 90.4 Å². The fraction of sp³-hybridized carbons (Fsp3) is 0.190. The lowest BCUT2D eigenvalue weighted by atomic mass is 9.89. The van der Waals surface area contributed by atoms with Gasteiger partial charge in [-0.2, -0.15) is 19.9 Å². The molecular weight excluding hydrogens is 733 g/mol. The van der Waals surface area contributed by atoms with Gasteiger partial charge in [0.15, 0.2) is 34.0 Å². The highest BCUT2D eigenvalue weighted by Gasteiger charge is 2.24. The second-order valence-electron chi connectivity index (χ2n) is 14.1. The van der Waals surface area contributed by atoms with Crippen molar-refractivity contribution in [3.63, 3.8) is 0 Å². The number of phenolic OH excluding ortho intramolecular Hbond substituents is 2. The molecule has 16 heteroatoms. The zero-order valence-electron chi connectivity index (χ0n) is 31.4. The van der Waals surface area contributed by atoms with Crippen molar-refractivity contribution in [3.8, 4) is 22.9 Å². The standard InChI is InChI=1S/C21H21N7O.C21H19N7O/c2*22-19-18-20(28(13-24-18)16-5-9-23-10-6-16)26-21(25-19)27-11-7-15(8-12-27)14-1-3-17(29)4-2-14/h1-6,9-10,13,15,29H,7-8,11-12H2,(H2,22,25,26);1-7,9-10,13,29H,8,11-12H2,(H2,22,25,26). The zero-order valence-corrected chi connectivity index (χ0v) is 31.4. The summed E-state index contributed by atoms with van der Waals surface area (Å²) in [5.41, 5.74) is 20.4. The average molecular weight is 773 g/mol. The van der Waals surface area contributed by atoms with Crippen LogP contribution in [0.5, 0.6) is 11.5 Å². The first-order valence-corrected chi connectivity index (χ1v) is 19.0. The normalized spacial score (nSPS) is 14.7. The summed E-state index contributed by atoms with van der Waals surface area (Å²) < 4.78 is 3.79. The Morgan fingerprint density at radius 2 is 1.07 bits per heavy atom. The largest absolute Gasteiger partial charge is 0.508 e. The first kappa shape index (κ1) is 36.0. The molecule has 6 aromatic heterocycles. The Balaban J connectivity index is 0.000000150. The van der Waals surface area contributed by atoms with E-state index in [1.165, 1.54) is 11.1 Å². The van der Waals surface area contributed by atoms with Gasteiger partial charge in [-0.25, -0.2) is 9.97 Å². The Kier molecular flexibility index (Phi) is 9.63. The molecule has 0 bridgehead atoms. The van der Waals surface area contributed by atoms with Crippen LogP contribution < -0.4 is 21.3 Å². The number of phenols is 2.